The van der Waals surface area contributed by atoms with Crippen LogP contribution >= 0.6 is 23.1 Å². The van der Waals surface area contributed by atoms with Gasteiger partial charge in [-0.1, -0.05) is 48.5 Å². The highest BCUT2D eigenvalue weighted by Crippen LogP contribution is 2.33. The predicted molar refractivity (Wildman–Crippen MR) is 141 cm³/mol. The number of thioether (sulfide) groups is 1. The average molecular weight is 492 g/mol. The quantitative estimate of drug-likeness (QED) is 0.256. The van der Waals surface area contributed by atoms with Crippen LogP contribution in [0.1, 0.15) is 42.7 Å². The zero-order chi connectivity index (χ0) is 24.2. The van der Waals surface area contributed by atoms with E-state index in [1.807, 2.05) is 23.6 Å². The van der Waals surface area contributed by atoms with E-state index in [9.17, 15) is 4.79 Å². The summed E-state index contributed by atoms with van der Waals surface area (Å²) < 4.78 is 2.18. The van der Waals surface area contributed by atoms with Crippen LogP contribution in [0.3, 0.4) is 0 Å². The minimum Gasteiger partial charge on any atom is -0.302 e. The molecule has 2 aromatic carbocycles. The van der Waals surface area contributed by atoms with Crippen LogP contribution in [0.25, 0.3) is 11.4 Å². The Balaban J connectivity index is 1.54. The van der Waals surface area contributed by atoms with Crippen molar-refractivity contribution >= 4 is 39.8 Å². The predicted octanol–water partition coefficient (Wildman–Crippen LogP) is 6.71. The first-order chi connectivity index (χ1) is 16.4. The second-order valence-electron chi connectivity index (χ2n) is 8.36. The lowest BCUT2D eigenvalue weighted by Crippen LogP contribution is -2.22. The molecule has 2 heterocycles. The van der Waals surface area contributed by atoms with Gasteiger partial charge < -0.3 is 4.57 Å². The van der Waals surface area contributed by atoms with Gasteiger partial charge >= 0.3 is 0 Å². The van der Waals surface area contributed by atoms with Gasteiger partial charge in [0, 0.05) is 30.2 Å². The fourth-order valence-electron chi connectivity index (χ4n) is 3.71. The van der Waals surface area contributed by atoms with Gasteiger partial charge in [-0.2, -0.15) is 0 Å². The molecule has 8 heteroatoms. The number of carbonyl (C=O) groups is 1. The summed E-state index contributed by atoms with van der Waals surface area (Å²) in [7, 11) is 0. The molecule has 2 aromatic heterocycles. The zero-order valence-electron chi connectivity index (χ0n) is 20.2. The molecule has 0 aliphatic carbocycles. The first-order valence-corrected chi connectivity index (χ1v) is 13.2. The molecule has 4 rings (SSSR count). The lowest BCUT2D eigenvalue weighted by atomic mass is 10.1. The van der Waals surface area contributed by atoms with Gasteiger partial charge in [0.2, 0.25) is 5.91 Å². The van der Waals surface area contributed by atoms with Crippen molar-refractivity contribution in [2.75, 3.05) is 4.90 Å². The number of nitrogens with zero attached hydrogens (tertiary/aromatic N) is 5. The highest BCUT2D eigenvalue weighted by molar-refractivity contribution is 7.98. The number of amides is 1. The Bertz CT molecular complexity index is 1310. The van der Waals surface area contributed by atoms with E-state index in [0.717, 1.165) is 46.5 Å². The molecule has 0 spiro atoms. The topological polar surface area (TPSA) is 63.9 Å². The van der Waals surface area contributed by atoms with Gasteiger partial charge in [-0.15, -0.1) is 21.5 Å². The van der Waals surface area contributed by atoms with Gasteiger partial charge in [0.05, 0.1) is 11.4 Å². The van der Waals surface area contributed by atoms with E-state index in [-0.39, 0.29) is 5.91 Å². The Kier molecular flexibility index (Phi) is 7.48. The number of thiazole rings is 1. The number of hydrogen-bond acceptors (Lipinski definition) is 6. The summed E-state index contributed by atoms with van der Waals surface area (Å²) in [5, 5.41) is 12.5. The molecule has 0 saturated heterocycles. The Labute approximate surface area is 209 Å². The minimum absolute atomic E-state index is 0.0534. The molecule has 0 bridgehead atoms. The Hall–Kier alpha value is -2.97. The van der Waals surface area contributed by atoms with Gasteiger partial charge in [0.15, 0.2) is 16.1 Å². The summed E-state index contributed by atoms with van der Waals surface area (Å²) in [6.07, 6.45) is 0.995. The van der Waals surface area contributed by atoms with Crippen molar-refractivity contribution in [1.82, 2.24) is 19.7 Å². The van der Waals surface area contributed by atoms with Crippen molar-refractivity contribution in [2.24, 2.45) is 0 Å². The van der Waals surface area contributed by atoms with Crippen LogP contribution in [0.2, 0.25) is 0 Å². The maximum absolute atomic E-state index is 12.5. The second kappa shape index (κ2) is 10.5. The summed E-state index contributed by atoms with van der Waals surface area (Å²) in [6.45, 7) is 10.8. The Morgan fingerprint density at radius 2 is 1.91 bits per heavy atom. The Morgan fingerprint density at radius 1 is 1.09 bits per heavy atom. The lowest BCUT2D eigenvalue weighted by molar-refractivity contribution is -0.115. The molecular weight excluding hydrogens is 462 g/mol. The van der Waals surface area contributed by atoms with Crippen LogP contribution in [-0.2, 0) is 17.1 Å². The molecule has 176 valence electrons. The highest BCUT2D eigenvalue weighted by atomic mass is 32.2. The number of hydrogen-bond donors (Lipinski definition) is 0. The molecule has 0 N–H and O–H groups in total. The van der Waals surface area contributed by atoms with Crippen LogP contribution in [0.15, 0.2) is 53.0 Å². The average Bonchev–Trinajstić information content (AvgIpc) is 3.42. The molecule has 4 aromatic rings. The summed E-state index contributed by atoms with van der Waals surface area (Å²) in [6, 6.07) is 14.4. The summed E-state index contributed by atoms with van der Waals surface area (Å²) >= 11 is 3.11. The molecule has 6 nitrogen and oxygen atoms in total. The molecule has 0 atom stereocenters. The third-order valence-corrected chi connectivity index (χ3v) is 7.46. The van der Waals surface area contributed by atoms with Gasteiger partial charge in [-0.3, -0.25) is 9.69 Å². The van der Waals surface area contributed by atoms with Crippen molar-refractivity contribution in [1.29, 1.82) is 0 Å². The highest BCUT2D eigenvalue weighted by Gasteiger charge is 2.19. The normalized spacial score (nSPS) is 11.1. The summed E-state index contributed by atoms with van der Waals surface area (Å²) in [4.78, 5) is 18.9. The molecule has 0 saturated carbocycles. The van der Waals surface area contributed by atoms with E-state index in [1.165, 1.54) is 22.5 Å². The third kappa shape index (κ3) is 5.23. The van der Waals surface area contributed by atoms with Crippen LogP contribution < -0.4 is 4.90 Å². The van der Waals surface area contributed by atoms with Gasteiger partial charge in [0.25, 0.3) is 0 Å². The number of carbonyl (C=O) groups excluding carboxylic acids is 1. The third-order valence-electron chi connectivity index (χ3n) is 5.58. The Morgan fingerprint density at radius 3 is 2.62 bits per heavy atom. The smallest absolute Gasteiger partial charge is 0.230 e. The summed E-state index contributed by atoms with van der Waals surface area (Å²) in [5.74, 6) is 1.50. The number of anilines is 2. The van der Waals surface area contributed by atoms with Gasteiger partial charge in [0.1, 0.15) is 0 Å². The van der Waals surface area contributed by atoms with Crippen LogP contribution in [0.5, 0.6) is 0 Å². The zero-order valence-corrected chi connectivity index (χ0v) is 21.8. The van der Waals surface area contributed by atoms with E-state index in [1.54, 1.807) is 23.6 Å². The monoisotopic (exact) mass is 491 g/mol. The molecule has 0 unspecified atom stereocenters. The molecule has 1 amide bonds. The first kappa shape index (κ1) is 24.2. The molecule has 0 fully saturated rings. The van der Waals surface area contributed by atoms with Crippen LogP contribution in [0.4, 0.5) is 10.8 Å². The fraction of sp³-hybridized carbons (Fsp3) is 0.308. The van der Waals surface area contributed by atoms with E-state index in [2.05, 4.69) is 66.7 Å². The largest absolute Gasteiger partial charge is 0.302 e. The molecular formula is C26H29N5OS2. The van der Waals surface area contributed by atoms with Gasteiger partial charge in [-0.05, 0) is 56.5 Å². The molecule has 0 aliphatic heterocycles. The lowest BCUT2D eigenvalue weighted by Gasteiger charge is -2.19. The van der Waals surface area contributed by atoms with Crippen molar-refractivity contribution in [3.05, 3.63) is 70.2 Å². The number of aromatic nitrogens is 4. The van der Waals surface area contributed by atoms with Crippen LogP contribution in [-0.4, -0.2) is 25.7 Å². The van der Waals surface area contributed by atoms with Crippen molar-refractivity contribution in [3.8, 4) is 11.4 Å². The van der Waals surface area contributed by atoms with E-state index in [0.29, 0.717) is 10.9 Å². The maximum atomic E-state index is 12.5. The minimum atomic E-state index is -0.0534. The summed E-state index contributed by atoms with van der Waals surface area (Å²) in [5.41, 5.74) is 6.39. The number of benzene rings is 2. The standard InChI is InChI=1S/C26H29N5OS2/c1-6-12-30-24(21-9-7-8-17(2)13-21)28-29-26(30)34-16-22-15-33-25(27-22)31(20(5)32)23-11-10-18(3)19(4)14-23/h7-11,13-15H,6,12,16H2,1-5H3. The first-order valence-electron chi connectivity index (χ1n) is 11.3. The molecule has 34 heavy (non-hydrogen) atoms. The van der Waals surface area contributed by atoms with E-state index in [4.69, 9.17) is 4.98 Å². The fourth-order valence-corrected chi connectivity index (χ4v) is 5.56. The van der Waals surface area contributed by atoms with Crippen LogP contribution in [0, 0.1) is 20.8 Å². The maximum Gasteiger partial charge on any atom is 0.230 e. The molecule has 0 radical (unpaired) electrons. The number of aryl methyl sites for hydroxylation is 3. The van der Waals surface area contributed by atoms with E-state index < -0.39 is 0 Å². The SMILES string of the molecule is CCCn1c(SCc2csc(N(C(C)=O)c3ccc(C)c(C)c3)n2)nnc1-c1cccc(C)c1. The second-order valence-corrected chi connectivity index (χ2v) is 10.1. The van der Waals surface area contributed by atoms with Crippen molar-refractivity contribution < 1.29 is 4.79 Å². The number of rotatable bonds is 8. The van der Waals surface area contributed by atoms with Crippen molar-refractivity contribution in [2.45, 2.75) is 58.5 Å². The molecule has 0 aliphatic rings. The van der Waals surface area contributed by atoms with E-state index >= 15 is 0 Å². The van der Waals surface area contributed by atoms with Gasteiger partial charge in [-0.25, -0.2) is 4.98 Å². The van der Waals surface area contributed by atoms with Crippen molar-refractivity contribution in [3.63, 3.8) is 0 Å².